The molecule has 0 spiro atoms. The number of rotatable bonds is 2. The van der Waals surface area contributed by atoms with E-state index < -0.39 is 23.3 Å². The minimum Gasteiger partial charge on any atom is -0.397 e. The Kier molecular flexibility index (Phi) is 6.21. The first-order chi connectivity index (χ1) is 7.16. The summed E-state index contributed by atoms with van der Waals surface area (Å²) in [5.41, 5.74) is 0. The maximum Gasteiger partial charge on any atom is 0.460 e. The zero-order valence-electron chi connectivity index (χ0n) is 8.00. The van der Waals surface area contributed by atoms with Crippen LogP contribution in [0.1, 0.15) is 6.92 Å². The van der Waals surface area contributed by atoms with Crippen molar-refractivity contribution < 1.29 is 44.6 Å². The highest BCUT2D eigenvalue weighted by molar-refractivity contribution is 7.81. The van der Waals surface area contributed by atoms with Gasteiger partial charge >= 0.3 is 23.3 Å². The molecule has 0 saturated carbocycles. The van der Waals surface area contributed by atoms with E-state index in [9.17, 15) is 39.5 Å². The van der Waals surface area contributed by atoms with Gasteiger partial charge in [-0.05, 0) is 6.92 Å². The van der Waals surface area contributed by atoms with Gasteiger partial charge in [0, 0.05) is 6.61 Å². The van der Waals surface area contributed by atoms with E-state index in [0.29, 0.717) is 0 Å². The maximum absolute atomic E-state index is 11.9. The normalized spacial score (nSPS) is 14.1. The van der Waals surface area contributed by atoms with Crippen LogP contribution in [0, 0.1) is 0 Å². The molecular formula is C6H7F9OS. The first-order valence-electron chi connectivity index (χ1n) is 3.70. The van der Waals surface area contributed by atoms with E-state index in [1.807, 2.05) is 0 Å². The Morgan fingerprint density at radius 2 is 1.06 bits per heavy atom. The number of halogens is 9. The standard InChI is InChI=1S/C4HF9S.C2H6O/c5-1(6,3(9,10)11)2(7,8)4(12,13)14;1-2-3/h14H;3H,2H2,1H3. The Bertz CT molecular complexity index is 207. The van der Waals surface area contributed by atoms with E-state index in [1.165, 1.54) is 0 Å². The minimum absolute atomic E-state index is 0.250. The third kappa shape index (κ3) is 4.12. The van der Waals surface area contributed by atoms with Crippen molar-refractivity contribution in [3.8, 4) is 0 Å². The second-order valence-corrected chi connectivity index (χ2v) is 3.07. The van der Waals surface area contributed by atoms with Crippen LogP contribution in [0.3, 0.4) is 0 Å². The van der Waals surface area contributed by atoms with Gasteiger partial charge in [0.1, 0.15) is 0 Å². The van der Waals surface area contributed by atoms with Crippen molar-refractivity contribution in [3.05, 3.63) is 0 Å². The van der Waals surface area contributed by atoms with Crippen molar-refractivity contribution in [2.45, 2.75) is 30.2 Å². The summed E-state index contributed by atoms with van der Waals surface area (Å²) in [4.78, 5) is 0. The highest BCUT2D eigenvalue weighted by Crippen LogP contribution is 2.54. The van der Waals surface area contributed by atoms with Gasteiger partial charge < -0.3 is 5.11 Å². The Hall–Kier alpha value is -0.320. The molecule has 0 rings (SSSR count). The largest absolute Gasteiger partial charge is 0.460 e. The highest BCUT2D eigenvalue weighted by Gasteiger charge is 2.80. The lowest BCUT2D eigenvalue weighted by molar-refractivity contribution is -0.380. The fourth-order valence-corrected chi connectivity index (χ4v) is 0.507. The van der Waals surface area contributed by atoms with Gasteiger partial charge in [-0.25, -0.2) is 0 Å². The molecule has 0 fully saturated rings. The molecule has 0 aromatic heterocycles. The molecule has 0 atom stereocenters. The monoisotopic (exact) mass is 298 g/mol. The summed E-state index contributed by atoms with van der Waals surface area (Å²) in [5, 5.41) is 1.80. The zero-order chi connectivity index (χ0) is 14.7. The third-order valence-electron chi connectivity index (χ3n) is 1.13. The summed E-state index contributed by atoms with van der Waals surface area (Å²) in [6, 6.07) is 0. The van der Waals surface area contributed by atoms with Gasteiger partial charge in [-0.1, -0.05) is 12.6 Å². The average molecular weight is 298 g/mol. The molecule has 106 valence electrons. The van der Waals surface area contributed by atoms with Crippen molar-refractivity contribution in [3.63, 3.8) is 0 Å². The van der Waals surface area contributed by atoms with E-state index in [2.05, 4.69) is 0 Å². The van der Waals surface area contributed by atoms with Crippen LogP contribution in [0.15, 0.2) is 0 Å². The van der Waals surface area contributed by atoms with Crippen LogP contribution < -0.4 is 0 Å². The Labute approximate surface area is 95.0 Å². The topological polar surface area (TPSA) is 20.2 Å². The lowest BCUT2D eigenvalue weighted by Gasteiger charge is -2.30. The number of hydrogen-bond donors (Lipinski definition) is 2. The molecule has 0 aromatic carbocycles. The summed E-state index contributed by atoms with van der Waals surface area (Å²) in [6.45, 7) is 1.93. The summed E-state index contributed by atoms with van der Waals surface area (Å²) < 4.78 is 105. The maximum atomic E-state index is 11.9. The van der Waals surface area contributed by atoms with Gasteiger partial charge in [-0.3, -0.25) is 0 Å². The second-order valence-electron chi connectivity index (χ2n) is 2.50. The summed E-state index contributed by atoms with van der Waals surface area (Å²) in [7, 11) is 0. The van der Waals surface area contributed by atoms with Crippen LogP contribution in [-0.4, -0.2) is 35.0 Å². The van der Waals surface area contributed by atoms with Crippen LogP contribution in [0.5, 0.6) is 0 Å². The van der Waals surface area contributed by atoms with Gasteiger partial charge in [-0.15, -0.1) is 0 Å². The fraction of sp³-hybridized carbons (Fsp3) is 1.00. The molecule has 0 unspecified atom stereocenters. The molecule has 0 radical (unpaired) electrons. The first-order valence-corrected chi connectivity index (χ1v) is 4.14. The summed E-state index contributed by atoms with van der Waals surface area (Å²) in [5.74, 6) is -13.5. The molecule has 0 heterocycles. The summed E-state index contributed by atoms with van der Waals surface area (Å²) >= 11 is 1.70. The Balaban J connectivity index is 0. The molecule has 1 N–H and O–H groups in total. The second kappa shape index (κ2) is 5.55. The predicted molar refractivity (Wildman–Crippen MR) is 42.6 cm³/mol. The molecule has 17 heavy (non-hydrogen) atoms. The van der Waals surface area contributed by atoms with Crippen molar-refractivity contribution in [1.82, 2.24) is 0 Å². The first kappa shape index (κ1) is 19.0. The van der Waals surface area contributed by atoms with Crippen LogP contribution in [-0.2, 0) is 0 Å². The van der Waals surface area contributed by atoms with Crippen molar-refractivity contribution in [2.75, 3.05) is 6.61 Å². The van der Waals surface area contributed by atoms with Crippen molar-refractivity contribution >= 4 is 12.6 Å². The quantitative estimate of drug-likeness (QED) is 0.592. The number of alkyl halides is 9. The van der Waals surface area contributed by atoms with Crippen LogP contribution in [0.4, 0.5) is 39.5 Å². The van der Waals surface area contributed by atoms with E-state index in [-0.39, 0.29) is 6.61 Å². The van der Waals surface area contributed by atoms with E-state index in [0.717, 1.165) is 0 Å². The highest BCUT2D eigenvalue weighted by atomic mass is 32.1. The molecule has 11 heteroatoms. The SMILES string of the molecule is CCO.FC(F)(F)C(F)(F)C(F)(F)C(F)(F)S. The Morgan fingerprint density at radius 3 is 1.12 bits per heavy atom. The van der Waals surface area contributed by atoms with E-state index in [1.54, 1.807) is 19.6 Å². The van der Waals surface area contributed by atoms with E-state index >= 15 is 0 Å². The number of thiol groups is 1. The molecule has 0 aliphatic heterocycles. The predicted octanol–water partition coefficient (Wildman–Crippen LogP) is 3.34. The van der Waals surface area contributed by atoms with Crippen molar-refractivity contribution in [1.29, 1.82) is 0 Å². The van der Waals surface area contributed by atoms with Gasteiger partial charge in [0.15, 0.2) is 0 Å². The molecule has 1 nitrogen and oxygen atoms in total. The minimum atomic E-state index is -6.84. The van der Waals surface area contributed by atoms with Crippen LogP contribution >= 0.6 is 12.6 Å². The lowest BCUT2D eigenvalue weighted by Crippen LogP contribution is -2.59. The van der Waals surface area contributed by atoms with Gasteiger partial charge in [0.05, 0.1) is 0 Å². The molecule has 0 aliphatic rings. The molecule has 0 bridgehead atoms. The van der Waals surface area contributed by atoms with Crippen LogP contribution in [0.25, 0.3) is 0 Å². The van der Waals surface area contributed by atoms with Gasteiger partial charge in [0.25, 0.3) is 0 Å². The molecule has 0 saturated heterocycles. The zero-order valence-corrected chi connectivity index (χ0v) is 8.90. The Morgan fingerprint density at radius 1 is 0.824 bits per heavy atom. The third-order valence-corrected chi connectivity index (χ3v) is 1.41. The average Bonchev–Trinajstić information content (AvgIpc) is 2.00. The number of aliphatic hydroxyl groups excluding tert-OH is 1. The van der Waals surface area contributed by atoms with Gasteiger partial charge in [-0.2, -0.15) is 39.5 Å². The number of hydrogen-bond acceptors (Lipinski definition) is 2. The van der Waals surface area contributed by atoms with Crippen LogP contribution in [0.2, 0.25) is 0 Å². The van der Waals surface area contributed by atoms with Gasteiger partial charge in [0.2, 0.25) is 0 Å². The lowest BCUT2D eigenvalue weighted by atomic mass is 10.1. The van der Waals surface area contributed by atoms with E-state index in [4.69, 9.17) is 5.11 Å². The molecule has 0 aliphatic carbocycles. The molecule has 0 aromatic rings. The molecule has 0 amide bonds. The fourth-order valence-electron chi connectivity index (χ4n) is 0.367. The molecular weight excluding hydrogens is 291 g/mol. The smallest absolute Gasteiger partial charge is 0.397 e. The number of aliphatic hydroxyl groups is 1. The summed E-state index contributed by atoms with van der Waals surface area (Å²) in [6.07, 6.45) is -6.78. The van der Waals surface area contributed by atoms with Crippen molar-refractivity contribution in [2.24, 2.45) is 0 Å².